The van der Waals surface area contributed by atoms with Gasteiger partial charge in [0.1, 0.15) is 12.4 Å². The molecule has 2 aromatic rings. The van der Waals surface area contributed by atoms with Gasteiger partial charge < -0.3 is 9.64 Å². The number of carbonyl (C=O) groups excluding carboxylic acids is 2. The van der Waals surface area contributed by atoms with Crippen molar-refractivity contribution in [3.8, 4) is 0 Å². The Morgan fingerprint density at radius 1 is 1.19 bits per heavy atom. The molecule has 0 spiro atoms. The smallest absolute Gasteiger partial charge is 0.410 e. The molecule has 27 heavy (non-hydrogen) atoms. The van der Waals surface area contributed by atoms with Gasteiger partial charge in [0.15, 0.2) is 0 Å². The van der Waals surface area contributed by atoms with Gasteiger partial charge in [0.05, 0.1) is 18.2 Å². The number of fused-ring (bicyclic) bond motifs is 3. The molecule has 4 heterocycles. The number of H-pyrrole nitrogens is 1. The lowest BCUT2D eigenvalue weighted by Gasteiger charge is -2.35. The molecule has 1 N–H and O–H groups in total. The standard InChI is InChI=1S/C17H20N6O4/c24-14(21-5-6-22-10(8-21)9-27-17(22)26)7-13-19-16-18-12-4-2-1-3-11(12)15(25)23(16)20-13/h10H,1-9H2,(H,18,19,20). The van der Waals surface area contributed by atoms with E-state index >= 15 is 0 Å². The van der Waals surface area contributed by atoms with Crippen molar-refractivity contribution >= 4 is 17.8 Å². The van der Waals surface area contributed by atoms with Gasteiger partial charge in [0.2, 0.25) is 5.91 Å². The molecule has 142 valence electrons. The number of carbonyl (C=O) groups is 2. The zero-order valence-corrected chi connectivity index (χ0v) is 14.8. The number of ether oxygens (including phenoxy) is 1. The van der Waals surface area contributed by atoms with Crippen molar-refractivity contribution in [3.63, 3.8) is 0 Å². The van der Waals surface area contributed by atoms with Crippen LogP contribution in [-0.2, 0) is 28.8 Å². The summed E-state index contributed by atoms with van der Waals surface area (Å²) in [6.45, 7) is 1.72. The van der Waals surface area contributed by atoms with Crippen molar-refractivity contribution < 1.29 is 14.3 Å². The van der Waals surface area contributed by atoms with E-state index in [9.17, 15) is 14.4 Å². The third kappa shape index (κ3) is 2.66. The van der Waals surface area contributed by atoms with Crippen LogP contribution in [0.5, 0.6) is 0 Å². The van der Waals surface area contributed by atoms with Crippen molar-refractivity contribution in [2.24, 2.45) is 0 Å². The highest BCUT2D eigenvalue weighted by atomic mass is 16.6. The van der Waals surface area contributed by atoms with Gasteiger partial charge in [-0.15, -0.1) is 0 Å². The van der Waals surface area contributed by atoms with E-state index in [-0.39, 0.29) is 30.0 Å². The van der Waals surface area contributed by atoms with E-state index in [4.69, 9.17) is 4.74 Å². The summed E-state index contributed by atoms with van der Waals surface area (Å²) in [5, 5.41) is 2.93. The maximum Gasteiger partial charge on any atom is 0.410 e. The Kier molecular flexibility index (Phi) is 3.66. The highest BCUT2D eigenvalue weighted by molar-refractivity contribution is 5.79. The topological polar surface area (TPSA) is 113 Å². The summed E-state index contributed by atoms with van der Waals surface area (Å²) in [5.74, 6) is 0.655. The summed E-state index contributed by atoms with van der Waals surface area (Å²) in [5.41, 5.74) is 1.47. The van der Waals surface area contributed by atoms with Crippen LogP contribution in [0.15, 0.2) is 4.79 Å². The molecule has 2 aliphatic heterocycles. The summed E-state index contributed by atoms with van der Waals surface area (Å²) in [6.07, 6.45) is 3.33. The molecule has 0 aromatic carbocycles. The second-order valence-corrected chi connectivity index (χ2v) is 7.30. The predicted octanol–water partition coefficient (Wildman–Crippen LogP) is -0.498. The molecule has 1 unspecified atom stereocenters. The first-order valence-corrected chi connectivity index (χ1v) is 9.31. The Morgan fingerprint density at radius 2 is 2.04 bits per heavy atom. The van der Waals surface area contributed by atoms with Crippen LogP contribution in [-0.4, -0.2) is 73.7 Å². The molecular formula is C17H20N6O4. The third-order valence-corrected chi connectivity index (χ3v) is 5.60. The van der Waals surface area contributed by atoms with Crippen LogP contribution in [0.2, 0.25) is 0 Å². The second kappa shape index (κ2) is 6.07. The van der Waals surface area contributed by atoms with Crippen LogP contribution in [0.4, 0.5) is 4.79 Å². The summed E-state index contributed by atoms with van der Waals surface area (Å²) in [4.78, 5) is 49.1. The first kappa shape index (κ1) is 16.3. The summed E-state index contributed by atoms with van der Waals surface area (Å²) in [7, 11) is 0. The molecule has 2 aromatic heterocycles. The van der Waals surface area contributed by atoms with E-state index in [2.05, 4.69) is 15.1 Å². The molecule has 2 fully saturated rings. The van der Waals surface area contributed by atoms with Gasteiger partial charge >= 0.3 is 6.09 Å². The van der Waals surface area contributed by atoms with E-state index in [1.54, 1.807) is 9.80 Å². The van der Waals surface area contributed by atoms with Crippen LogP contribution >= 0.6 is 0 Å². The SMILES string of the molecule is O=C(Cc1nc2nc3c(c(=O)n2[nH]1)CCCC3)N1CCN2C(=O)OCC2C1. The normalized spacial score (nSPS) is 21.9. The number of hydrogen-bond acceptors (Lipinski definition) is 6. The third-order valence-electron chi connectivity index (χ3n) is 5.60. The van der Waals surface area contributed by atoms with Crippen LogP contribution in [0, 0.1) is 0 Å². The highest BCUT2D eigenvalue weighted by Crippen LogP contribution is 2.19. The molecule has 10 nitrogen and oxygen atoms in total. The van der Waals surface area contributed by atoms with E-state index in [1.165, 1.54) is 4.52 Å². The van der Waals surface area contributed by atoms with Crippen molar-refractivity contribution in [1.82, 2.24) is 29.4 Å². The Hall–Kier alpha value is -2.91. The molecule has 2 saturated heterocycles. The van der Waals surface area contributed by atoms with Gasteiger partial charge in [-0.3, -0.25) is 19.6 Å². The Morgan fingerprint density at radius 3 is 2.93 bits per heavy atom. The average molecular weight is 372 g/mol. The quantitative estimate of drug-likeness (QED) is 0.761. The van der Waals surface area contributed by atoms with Crippen LogP contribution in [0.1, 0.15) is 29.9 Å². The second-order valence-electron chi connectivity index (χ2n) is 7.30. The number of cyclic esters (lactones) is 1. The molecule has 0 bridgehead atoms. The first-order chi connectivity index (χ1) is 13.1. The monoisotopic (exact) mass is 372 g/mol. The first-order valence-electron chi connectivity index (χ1n) is 9.31. The number of nitrogens with one attached hydrogen (secondary N) is 1. The van der Waals surface area contributed by atoms with E-state index in [1.807, 2.05) is 0 Å². The van der Waals surface area contributed by atoms with Gasteiger partial charge in [-0.25, -0.2) is 9.78 Å². The fraction of sp³-hybridized carbons (Fsp3) is 0.588. The zero-order valence-electron chi connectivity index (χ0n) is 14.8. The molecular weight excluding hydrogens is 352 g/mol. The molecule has 3 aliphatic rings. The molecule has 1 aliphatic carbocycles. The Labute approximate surface area is 154 Å². The lowest BCUT2D eigenvalue weighted by atomic mass is 9.97. The minimum atomic E-state index is -0.307. The lowest BCUT2D eigenvalue weighted by Crippen LogP contribution is -2.54. The summed E-state index contributed by atoms with van der Waals surface area (Å²) < 4.78 is 6.37. The molecule has 0 radical (unpaired) electrons. The van der Waals surface area contributed by atoms with Crippen LogP contribution in [0.25, 0.3) is 5.78 Å². The minimum Gasteiger partial charge on any atom is -0.447 e. The molecule has 1 atom stereocenters. The van der Waals surface area contributed by atoms with E-state index < -0.39 is 0 Å². The Balaban J connectivity index is 1.35. The number of rotatable bonds is 2. The zero-order chi connectivity index (χ0) is 18.5. The fourth-order valence-corrected chi connectivity index (χ4v) is 4.14. The molecule has 2 amide bonds. The number of amides is 2. The minimum absolute atomic E-state index is 0.0645. The number of aromatic nitrogens is 4. The van der Waals surface area contributed by atoms with Crippen LogP contribution < -0.4 is 5.56 Å². The van der Waals surface area contributed by atoms with E-state index in [0.29, 0.717) is 37.8 Å². The summed E-state index contributed by atoms with van der Waals surface area (Å²) >= 11 is 0. The van der Waals surface area contributed by atoms with Crippen molar-refractivity contribution in [1.29, 1.82) is 0 Å². The summed E-state index contributed by atoms with van der Waals surface area (Å²) in [6, 6.07) is -0.0816. The largest absolute Gasteiger partial charge is 0.447 e. The number of nitrogens with zero attached hydrogens (tertiary/aromatic N) is 5. The fourth-order valence-electron chi connectivity index (χ4n) is 4.14. The predicted molar refractivity (Wildman–Crippen MR) is 92.4 cm³/mol. The maximum atomic E-state index is 12.7. The van der Waals surface area contributed by atoms with Gasteiger partial charge in [0.25, 0.3) is 11.3 Å². The van der Waals surface area contributed by atoms with Crippen LogP contribution in [0.3, 0.4) is 0 Å². The van der Waals surface area contributed by atoms with E-state index in [0.717, 1.165) is 36.9 Å². The van der Waals surface area contributed by atoms with Gasteiger partial charge in [-0.1, -0.05) is 0 Å². The number of hydrogen-bond donors (Lipinski definition) is 1. The lowest BCUT2D eigenvalue weighted by molar-refractivity contribution is -0.132. The molecule has 10 heteroatoms. The number of piperazine rings is 1. The van der Waals surface area contributed by atoms with Gasteiger partial charge in [0, 0.05) is 25.2 Å². The Bertz CT molecular complexity index is 995. The molecule has 0 saturated carbocycles. The maximum absolute atomic E-state index is 12.7. The number of aryl methyl sites for hydroxylation is 1. The van der Waals surface area contributed by atoms with Crippen molar-refractivity contribution in [2.45, 2.75) is 38.1 Å². The van der Waals surface area contributed by atoms with Gasteiger partial charge in [-0.05, 0) is 25.7 Å². The number of aromatic amines is 1. The average Bonchev–Trinajstić information content (AvgIpc) is 3.25. The van der Waals surface area contributed by atoms with Crippen molar-refractivity contribution in [2.75, 3.05) is 26.2 Å². The molecule has 5 rings (SSSR count). The highest BCUT2D eigenvalue weighted by Gasteiger charge is 2.38. The van der Waals surface area contributed by atoms with Crippen molar-refractivity contribution in [3.05, 3.63) is 27.4 Å². The van der Waals surface area contributed by atoms with Gasteiger partial charge in [-0.2, -0.15) is 9.50 Å².